The van der Waals surface area contributed by atoms with Gasteiger partial charge in [-0.25, -0.2) is 4.39 Å². The zero-order valence-electron chi connectivity index (χ0n) is 17.6. The largest absolute Gasteiger partial charge is 0.357 e. The zero-order chi connectivity index (χ0) is 20.3. The first-order chi connectivity index (χ1) is 13.4. The third-order valence-electron chi connectivity index (χ3n) is 5.74. The van der Waals surface area contributed by atoms with Crippen LogP contribution in [-0.4, -0.2) is 34.9 Å². The number of hydrogen-bond donors (Lipinski definition) is 2. The molecular weight excluding hydrogens is 353 g/mol. The van der Waals surface area contributed by atoms with Gasteiger partial charge in [-0.1, -0.05) is 18.2 Å². The topological polar surface area (TPSA) is 54.2 Å². The van der Waals surface area contributed by atoms with Gasteiger partial charge in [-0.2, -0.15) is 5.10 Å². The second-order valence-electron chi connectivity index (χ2n) is 7.98. The number of guanidine groups is 1. The molecule has 5 nitrogen and oxygen atoms in total. The molecular formula is C22H32FN5. The van der Waals surface area contributed by atoms with Crippen LogP contribution < -0.4 is 10.6 Å². The van der Waals surface area contributed by atoms with Crippen LogP contribution in [0.1, 0.15) is 49.2 Å². The highest BCUT2D eigenvalue weighted by Crippen LogP contribution is 2.49. The molecule has 28 heavy (non-hydrogen) atoms. The molecule has 6 heteroatoms. The molecule has 1 aliphatic rings. The molecule has 1 fully saturated rings. The van der Waals surface area contributed by atoms with Crippen molar-refractivity contribution in [3.8, 4) is 0 Å². The van der Waals surface area contributed by atoms with Gasteiger partial charge < -0.3 is 10.6 Å². The quantitative estimate of drug-likeness (QED) is 0.567. The number of aryl methyl sites for hydroxylation is 2. The molecule has 1 aromatic carbocycles. The van der Waals surface area contributed by atoms with Gasteiger partial charge in [0.1, 0.15) is 5.82 Å². The molecule has 1 saturated carbocycles. The SMILES string of the molecule is CCNC(=NCC1(c2ccccc2F)CC1)NC(C)Cc1c(C)nn(C)c1C. The standard InChI is InChI=1S/C22H32FN5/c1-6-24-21(26-15(2)13-18-16(3)27-28(5)17(18)4)25-14-22(11-12-22)19-9-7-8-10-20(19)23/h7-10,15H,6,11-14H2,1-5H3,(H2,24,25,26). The van der Waals surface area contributed by atoms with Crippen LogP contribution in [0.25, 0.3) is 0 Å². The van der Waals surface area contributed by atoms with E-state index in [1.807, 2.05) is 23.9 Å². The molecule has 1 aromatic heterocycles. The van der Waals surface area contributed by atoms with E-state index in [9.17, 15) is 4.39 Å². The van der Waals surface area contributed by atoms with E-state index >= 15 is 0 Å². The molecule has 2 aromatic rings. The normalized spacial score (nSPS) is 16.7. The van der Waals surface area contributed by atoms with Gasteiger partial charge in [0.25, 0.3) is 0 Å². The van der Waals surface area contributed by atoms with Crippen molar-refractivity contribution in [3.63, 3.8) is 0 Å². The maximum absolute atomic E-state index is 14.2. The fourth-order valence-corrected chi connectivity index (χ4v) is 3.81. The van der Waals surface area contributed by atoms with Crippen molar-refractivity contribution in [1.29, 1.82) is 0 Å². The number of nitrogens with zero attached hydrogens (tertiary/aromatic N) is 3. The number of nitrogens with one attached hydrogen (secondary N) is 2. The van der Waals surface area contributed by atoms with E-state index in [1.165, 1.54) is 11.3 Å². The first kappa shape index (κ1) is 20.4. The molecule has 3 rings (SSSR count). The van der Waals surface area contributed by atoms with Crippen molar-refractivity contribution in [2.75, 3.05) is 13.1 Å². The summed E-state index contributed by atoms with van der Waals surface area (Å²) in [6.45, 7) is 9.76. The van der Waals surface area contributed by atoms with Gasteiger partial charge in [0, 0.05) is 30.7 Å². The van der Waals surface area contributed by atoms with E-state index in [0.717, 1.165) is 43.0 Å². The molecule has 1 atom stereocenters. The van der Waals surface area contributed by atoms with Crippen molar-refractivity contribution < 1.29 is 4.39 Å². The van der Waals surface area contributed by atoms with E-state index < -0.39 is 0 Å². The molecule has 1 unspecified atom stereocenters. The fourth-order valence-electron chi connectivity index (χ4n) is 3.81. The number of hydrogen-bond acceptors (Lipinski definition) is 2. The smallest absolute Gasteiger partial charge is 0.191 e. The van der Waals surface area contributed by atoms with E-state index in [-0.39, 0.29) is 17.3 Å². The Morgan fingerprint density at radius 1 is 1.32 bits per heavy atom. The summed E-state index contributed by atoms with van der Waals surface area (Å²) in [7, 11) is 1.98. The van der Waals surface area contributed by atoms with Crippen molar-refractivity contribution in [2.24, 2.45) is 12.0 Å². The van der Waals surface area contributed by atoms with Crippen molar-refractivity contribution >= 4 is 5.96 Å². The van der Waals surface area contributed by atoms with Crippen LogP contribution in [0.2, 0.25) is 0 Å². The second kappa shape index (κ2) is 8.33. The number of aromatic nitrogens is 2. The Kier molecular flexibility index (Phi) is 6.06. The summed E-state index contributed by atoms with van der Waals surface area (Å²) >= 11 is 0. The summed E-state index contributed by atoms with van der Waals surface area (Å²) < 4.78 is 16.2. The highest BCUT2D eigenvalue weighted by atomic mass is 19.1. The first-order valence-corrected chi connectivity index (χ1v) is 10.1. The van der Waals surface area contributed by atoms with E-state index in [1.54, 1.807) is 12.1 Å². The molecule has 0 amide bonds. The van der Waals surface area contributed by atoms with Gasteiger partial charge in [-0.05, 0) is 64.2 Å². The van der Waals surface area contributed by atoms with Crippen LogP contribution in [0.3, 0.4) is 0 Å². The van der Waals surface area contributed by atoms with Crippen molar-refractivity contribution in [2.45, 2.75) is 58.4 Å². The summed E-state index contributed by atoms with van der Waals surface area (Å²) in [4.78, 5) is 4.80. The number of rotatable bonds is 7. The Balaban J connectivity index is 1.68. The molecule has 1 aliphatic carbocycles. The summed E-state index contributed by atoms with van der Waals surface area (Å²) in [5.74, 6) is 0.667. The molecule has 0 bridgehead atoms. The molecule has 152 valence electrons. The number of aliphatic imine (C=N–C) groups is 1. The monoisotopic (exact) mass is 385 g/mol. The second-order valence-corrected chi connectivity index (χ2v) is 7.98. The van der Waals surface area contributed by atoms with E-state index in [2.05, 4.69) is 43.4 Å². The lowest BCUT2D eigenvalue weighted by atomic mass is 9.95. The van der Waals surface area contributed by atoms with Crippen LogP contribution in [0.4, 0.5) is 4.39 Å². The minimum atomic E-state index is -0.145. The van der Waals surface area contributed by atoms with Gasteiger partial charge >= 0.3 is 0 Å². The molecule has 0 spiro atoms. The third-order valence-corrected chi connectivity index (χ3v) is 5.74. The van der Waals surface area contributed by atoms with Gasteiger partial charge in [0.05, 0.1) is 12.2 Å². The van der Waals surface area contributed by atoms with Crippen LogP contribution in [0, 0.1) is 19.7 Å². The minimum Gasteiger partial charge on any atom is -0.357 e. The van der Waals surface area contributed by atoms with Crippen LogP contribution in [-0.2, 0) is 18.9 Å². The van der Waals surface area contributed by atoms with Gasteiger partial charge in [0.15, 0.2) is 5.96 Å². The highest BCUT2D eigenvalue weighted by Gasteiger charge is 2.45. The summed E-state index contributed by atoms with van der Waals surface area (Å²) in [6, 6.07) is 7.31. The van der Waals surface area contributed by atoms with Crippen LogP contribution >= 0.6 is 0 Å². The average Bonchev–Trinajstić information content (AvgIpc) is 3.40. The Labute approximate surface area is 167 Å². The Hall–Kier alpha value is -2.37. The first-order valence-electron chi connectivity index (χ1n) is 10.1. The number of halogens is 1. The maximum atomic E-state index is 14.2. The van der Waals surface area contributed by atoms with Crippen molar-refractivity contribution in [3.05, 3.63) is 52.6 Å². The lowest BCUT2D eigenvalue weighted by Gasteiger charge is -2.20. The summed E-state index contributed by atoms with van der Waals surface area (Å²) in [5, 5.41) is 11.3. The Morgan fingerprint density at radius 3 is 2.61 bits per heavy atom. The predicted molar refractivity (Wildman–Crippen MR) is 112 cm³/mol. The lowest BCUT2D eigenvalue weighted by Crippen LogP contribution is -2.43. The molecule has 0 aliphatic heterocycles. The van der Waals surface area contributed by atoms with E-state index in [0.29, 0.717) is 6.54 Å². The molecule has 0 radical (unpaired) electrons. The number of benzene rings is 1. The van der Waals surface area contributed by atoms with Crippen LogP contribution in [0.5, 0.6) is 0 Å². The zero-order valence-corrected chi connectivity index (χ0v) is 17.6. The van der Waals surface area contributed by atoms with Crippen molar-refractivity contribution in [1.82, 2.24) is 20.4 Å². The van der Waals surface area contributed by atoms with Gasteiger partial charge in [-0.3, -0.25) is 9.67 Å². The lowest BCUT2D eigenvalue weighted by molar-refractivity contribution is 0.570. The molecule has 1 heterocycles. The van der Waals surface area contributed by atoms with E-state index in [4.69, 9.17) is 4.99 Å². The van der Waals surface area contributed by atoms with Gasteiger partial charge in [-0.15, -0.1) is 0 Å². The van der Waals surface area contributed by atoms with Crippen LogP contribution in [0.15, 0.2) is 29.3 Å². The third kappa shape index (κ3) is 4.37. The fraction of sp³-hybridized carbons (Fsp3) is 0.545. The molecule has 0 saturated heterocycles. The highest BCUT2D eigenvalue weighted by molar-refractivity contribution is 5.80. The summed E-state index contributed by atoms with van der Waals surface area (Å²) in [6.07, 6.45) is 2.86. The minimum absolute atomic E-state index is 0.121. The predicted octanol–water partition coefficient (Wildman–Crippen LogP) is 3.39. The van der Waals surface area contributed by atoms with Gasteiger partial charge in [0.2, 0.25) is 0 Å². The molecule has 2 N–H and O–H groups in total. The Bertz CT molecular complexity index is 851. The maximum Gasteiger partial charge on any atom is 0.191 e. The summed E-state index contributed by atoms with van der Waals surface area (Å²) in [5.41, 5.74) is 4.21. The Morgan fingerprint density at radius 2 is 2.04 bits per heavy atom. The average molecular weight is 386 g/mol.